The molecule has 3 heterocycles. The lowest BCUT2D eigenvalue weighted by molar-refractivity contribution is -0.116. The fourth-order valence-corrected chi connectivity index (χ4v) is 3.59. The molecule has 27 heavy (non-hydrogen) atoms. The average molecular weight is 383 g/mol. The fraction of sp³-hybridized carbons (Fsp3) is 0.150. The van der Waals surface area contributed by atoms with Crippen molar-refractivity contribution in [1.29, 1.82) is 0 Å². The van der Waals surface area contributed by atoms with E-state index in [2.05, 4.69) is 5.32 Å². The van der Waals surface area contributed by atoms with E-state index in [1.165, 1.54) is 17.4 Å². The fourth-order valence-electron chi connectivity index (χ4n) is 2.63. The van der Waals surface area contributed by atoms with Crippen LogP contribution in [0.2, 0.25) is 0 Å². The second-order valence-corrected chi connectivity index (χ2v) is 7.00. The molecular formula is C20H17NO5S. The monoisotopic (exact) mass is 383 g/mol. The van der Waals surface area contributed by atoms with Crippen molar-refractivity contribution in [2.75, 3.05) is 13.3 Å². The number of amides is 1. The summed E-state index contributed by atoms with van der Waals surface area (Å²) in [5.74, 6) is 1.84. The zero-order valence-electron chi connectivity index (χ0n) is 14.3. The number of carbonyl (C=O) groups is 1. The SMILES string of the molecule is O=C(C=Cc1ccc2c(c1)OCO2)NCC(O)c1ccc(-c2ccco2)s1. The van der Waals surface area contributed by atoms with Gasteiger partial charge in [0, 0.05) is 17.5 Å². The Morgan fingerprint density at radius 3 is 2.96 bits per heavy atom. The molecular weight excluding hydrogens is 366 g/mol. The van der Waals surface area contributed by atoms with Crippen molar-refractivity contribution < 1.29 is 23.8 Å². The Labute approximate surface area is 159 Å². The highest BCUT2D eigenvalue weighted by Gasteiger charge is 2.14. The first-order valence-corrected chi connectivity index (χ1v) is 9.18. The quantitative estimate of drug-likeness (QED) is 0.636. The van der Waals surface area contributed by atoms with Crippen LogP contribution < -0.4 is 14.8 Å². The zero-order valence-corrected chi connectivity index (χ0v) is 15.1. The van der Waals surface area contributed by atoms with Crippen LogP contribution in [0.1, 0.15) is 16.5 Å². The van der Waals surface area contributed by atoms with Gasteiger partial charge >= 0.3 is 0 Å². The van der Waals surface area contributed by atoms with E-state index in [1.54, 1.807) is 18.4 Å². The van der Waals surface area contributed by atoms with Crippen LogP contribution in [-0.2, 0) is 4.79 Å². The van der Waals surface area contributed by atoms with Gasteiger partial charge in [-0.25, -0.2) is 0 Å². The molecule has 1 aromatic carbocycles. The second kappa shape index (κ2) is 7.69. The molecule has 138 valence electrons. The molecule has 6 nitrogen and oxygen atoms in total. The summed E-state index contributed by atoms with van der Waals surface area (Å²) >= 11 is 1.43. The molecule has 0 spiro atoms. The number of nitrogens with one attached hydrogen (secondary N) is 1. The van der Waals surface area contributed by atoms with Gasteiger partial charge in [-0.05, 0) is 48.0 Å². The number of rotatable bonds is 6. The summed E-state index contributed by atoms with van der Waals surface area (Å²) in [5.41, 5.74) is 0.830. The van der Waals surface area contributed by atoms with Crippen LogP contribution in [0.4, 0.5) is 0 Å². The number of hydrogen-bond acceptors (Lipinski definition) is 6. The van der Waals surface area contributed by atoms with E-state index in [4.69, 9.17) is 13.9 Å². The Morgan fingerprint density at radius 2 is 2.11 bits per heavy atom. The van der Waals surface area contributed by atoms with E-state index in [-0.39, 0.29) is 19.2 Å². The summed E-state index contributed by atoms with van der Waals surface area (Å²) in [4.78, 5) is 13.7. The van der Waals surface area contributed by atoms with Crippen molar-refractivity contribution in [1.82, 2.24) is 5.32 Å². The Morgan fingerprint density at radius 1 is 1.22 bits per heavy atom. The lowest BCUT2D eigenvalue weighted by Crippen LogP contribution is -2.26. The lowest BCUT2D eigenvalue weighted by atomic mass is 10.2. The maximum atomic E-state index is 12.0. The maximum Gasteiger partial charge on any atom is 0.244 e. The van der Waals surface area contributed by atoms with Crippen LogP contribution >= 0.6 is 11.3 Å². The van der Waals surface area contributed by atoms with Crippen molar-refractivity contribution in [3.63, 3.8) is 0 Å². The van der Waals surface area contributed by atoms with Crippen LogP contribution in [0.25, 0.3) is 16.7 Å². The molecule has 0 radical (unpaired) electrons. The molecule has 3 aromatic rings. The van der Waals surface area contributed by atoms with Gasteiger partial charge in [0.2, 0.25) is 12.7 Å². The number of aliphatic hydroxyl groups excluding tert-OH is 1. The molecule has 1 atom stereocenters. The third-order valence-electron chi connectivity index (χ3n) is 4.01. The van der Waals surface area contributed by atoms with Gasteiger partial charge in [-0.15, -0.1) is 11.3 Å². The van der Waals surface area contributed by atoms with Crippen molar-refractivity contribution in [2.24, 2.45) is 0 Å². The second-order valence-electron chi connectivity index (χ2n) is 5.89. The number of ether oxygens (including phenoxy) is 2. The minimum absolute atomic E-state index is 0.127. The topological polar surface area (TPSA) is 80.9 Å². The average Bonchev–Trinajstić information content (AvgIpc) is 3.44. The minimum atomic E-state index is -0.776. The molecule has 1 aliphatic heterocycles. The van der Waals surface area contributed by atoms with Gasteiger partial charge in [-0.2, -0.15) is 0 Å². The summed E-state index contributed by atoms with van der Waals surface area (Å²) < 4.78 is 15.9. The largest absolute Gasteiger partial charge is 0.464 e. The highest BCUT2D eigenvalue weighted by Crippen LogP contribution is 2.33. The van der Waals surface area contributed by atoms with Gasteiger partial charge in [0.1, 0.15) is 11.9 Å². The van der Waals surface area contributed by atoms with Crippen LogP contribution in [0.3, 0.4) is 0 Å². The predicted molar refractivity (Wildman–Crippen MR) is 102 cm³/mol. The molecule has 0 saturated carbocycles. The molecule has 0 saturated heterocycles. The summed E-state index contributed by atoms with van der Waals surface area (Å²) in [6.45, 7) is 0.341. The molecule has 0 aliphatic carbocycles. The smallest absolute Gasteiger partial charge is 0.244 e. The molecule has 0 fully saturated rings. The molecule has 1 amide bonds. The van der Waals surface area contributed by atoms with Crippen LogP contribution in [0, 0.1) is 0 Å². The van der Waals surface area contributed by atoms with E-state index < -0.39 is 6.10 Å². The third-order valence-corrected chi connectivity index (χ3v) is 5.21. The number of benzene rings is 1. The summed E-state index contributed by atoms with van der Waals surface area (Å²) in [6.07, 6.45) is 3.94. The summed E-state index contributed by atoms with van der Waals surface area (Å²) in [5, 5.41) is 13.0. The number of fused-ring (bicyclic) bond motifs is 1. The molecule has 1 unspecified atom stereocenters. The van der Waals surface area contributed by atoms with Gasteiger partial charge in [0.05, 0.1) is 11.1 Å². The first-order chi connectivity index (χ1) is 13.2. The molecule has 1 aliphatic rings. The van der Waals surface area contributed by atoms with Crippen LogP contribution in [0.15, 0.2) is 59.2 Å². The van der Waals surface area contributed by atoms with Crippen molar-refractivity contribution >= 4 is 23.3 Å². The number of carbonyl (C=O) groups excluding carboxylic acids is 1. The number of furan rings is 1. The number of aliphatic hydroxyl groups is 1. The standard InChI is InChI=1S/C20H17NO5S/c22-14(18-6-7-19(27-18)16-2-1-9-24-16)11-21-20(23)8-4-13-3-5-15-17(10-13)26-12-25-15/h1-10,14,22H,11-12H2,(H,21,23). The van der Waals surface area contributed by atoms with Crippen molar-refractivity contribution in [3.8, 4) is 22.1 Å². The van der Waals surface area contributed by atoms with E-state index in [9.17, 15) is 9.90 Å². The normalized spacial score (nSPS) is 13.8. The maximum absolute atomic E-state index is 12.0. The summed E-state index contributed by atoms with van der Waals surface area (Å²) in [7, 11) is 0. The molecule has 2 N–H and O–H groups in total. The number of thiophene rings is 1. The Bertz CT molecular complexity index is 961. The van der Waals surface area contributed by atoms with Gasteiger partial charge in [0.25, 0.3) is 0 Å². The van der Waals surface area contributed by atoms with E-state index in [0.29, 0.717) is 11.5 Å². The van der Waals surface area contributed by atoms with Crippen molar-refractivity contribution in [2.45, 2.75) is 6.10 Å². The molecule has 4 rings (SSSR count). The Hall–Kier alpha value is -3.03. The third kappa shape index (κ3) is 4.05. The molecule has 7 heteroatoms. The highest BCUT2D eigenvalue weighted by atomic mass is 32.1. The van der Waals surface area contributed by atoms with E-state index in [1.807, 2.05) is 36.4 Å². The van der Waals surface area contributed by atoms with Gasteiger partial charge in [-0.1, -0.05) is 6.07 Å². The Balaban J connectivity index is 1.31. The van der Waals surface area contributed by atoms with Crippen LogP contribution in [0.5, 0.6) is 11.5 Å². The molecule has 0 bridgehead atoms. The minimum Gasteiger partial charge on any atom is -0.464 e. The molecule has 2 aromatic heterocycles. The first-order valence-electron chi connectivity index (χ1n) is 8.36. The number of hydrogen-bond donors (Lipinski definition) is 2. The lowest BCUT2D eigenvalue weighted by Gasteiger charge is -2.08. The summed E-state index contributed by atoms with van der Waals surface area (Å²) in [6, 6.07) is 12.9. The predicted octanol–water partition coefficient (Wildman–Crippen LogP) is 3.60. The highest BCUT2D eigenvalue weighted by molar-refractivity contribution is 7.15. The van der Waals surface area contributed by atoms with E-state index in [0.717, 1.165) is 21.1 Å². The van der Waals surface area contributed by atoms with Gasteiger partial charge < -0.3 is 24.3 Å². The van der Waals surface area contributed by atoms with Crippen LogP contribution in [-0.4, -0.2) is 24.4 Å². The van der Waals surface area contributed by atoms with Gasteiger partial charge in [0.15, 0.2) is 11.5 Å². The van der Waals surface area contributed by atoms with E-state index >= 15 is 0 Å². The van der Waals surface area contributed by atoms with Crippen molar-refractivity contribution in [3.05, 3.63) is 65.2 Å². The van der Waals surface area contributed by atoms with Gasteiger partial charge in [-0.3, -0.25) is 4.79 Å². The zero-order chi connectivity index (χ0) is 18.6. The Kier molecular flexibility index (Phi) is 4.95. The first kappa shape index (κ1) is 17.4.